The van der Waals surface area contributed by atoms with Gasteiger partial charge >= 0.3 is 0 Å². The maximum absolute atomic E-state index is 10.4. The molecule has 1 aliphatic carbocycles. The Morgan fingerprint density at radius 2 is 1.82 bits per heavy atom. The lowest BCUT2D eigenvalue weighted by Gasteiger charge is -2.26. The van der Waals surface area contributed by atoms with Gasteiger partial charge in [0.2, 0.25) is 0 Å². The van der Waals surface area contributed by atoms with Gasteiger partial charge in [-0.05, 0) is 36.3 Å². The van der Waals surface area contributed by atoms with E-state index < -0.39 is 0 Å². The van der Waals surface area contributed by atoms with Gasteiger partial charge in [0.25, 0.3) is 0 Å². The van der Waals surface area contributed by atoms with E-state index in [1.54, 1.807) is 11.3 Å². The standard InChI is InChI=1S/C15H24OS/c1-15(2,3)13-10-9-12(17-13)14(16)11-7-5-4-6-8-11/h9-11,14,16H,4-8H2,1-3H3. The van der Waals surface area contributed by atoms with Crippen LogP contribution in [0.5, 0.6) is 0 Å². The highest BCUT2D eigenvalue weighted by Gasteiger charge is 2.25. The first-order valence-corrected chi connectivity index (χ1v) is 7.58. The third kappa shape index (κ3) is 3.11. The molecule has 1 heterocycles. The molecule has 0 bridgehead atoms. The van der Waals surface area contributed by atoms with Crippen molar-refractivity contribution in [2.24, 2.45) is 5.92 Å². The van der Waals surface area contributed by atoms with E-state index in [2.05, 4.69) is 32.9 Å². The van der Waals surface area contributed by atoms with Gasteiger partial charge in [-0.25, -0.2) is 0 Å². The quantitative estimate of drug-likeness (QED) is 0.811. The predicted molar refractivity (Wildman–Crippen MR) is 74.6 cm³/mol. The molecule has 1 unspecified atom stereocenters. The monoisotopic (exact) mass is 252 g/mol. The summed E-state index contributed by atoms with van der Waals surface area (Å²) >= 11 is 1.79. The van der Waals surface area contributed by atoms with Crippen LogP contribution in [-0.4, -0.2) is 5.11 Å². The maximum Gasteiger partial charge on any atom is 0.0910 e. The molecule has 1 nitrogen and oxygen atoms in total. The molecule has 0 saturated heterocycles. The molecule has 2 heteroatoms. The molecule has 17 heavy (non-hydrogen) atoms. The summed E-state index contributed by atoms with van der Waals surface area (Å²) in [6.45, 7) is 6.70. The Labute approximate surface area is 109 Å². The van der Waals surface area contributed by atoms with Crippen molar-refractivity contribution in [2.45, 2.75) is 64.4 Å². The molecule has 1 saturated carbocycles. The molecule has 1 N–H and O–H groups in total. The van der Waals surface area contributed by atoms with Crippen molar-refractivity contribution >= 4 is 11.3 Å². The van der Waals surface area contributed by atoms with Crippen LogP contribution in [0, 0.1) is 5.92 Å². The third-order valence-electron chi connectivity index (χ3n) is 3.75. The lowest BCUT2D eigenvalue weighted by Crippen LogP contribution is -2.15. The molecule has 0 radical (unpaired) electrons. The number of rotatable bonds is 2. The minimum atomic E-state index is -0.226. The Kier molecular flexibility index (Phi) is 3.94. The normalized spacial score (nSPS) is 20.5. The second kappa shape index (κ2) is 5.11. The van der Waals surface area contributed by atoms with E-state index >= 15 is 0 Å². The summed E-state index contributed by atoms with van der Waals surface area (Å²) in [6.07, 6.45) is 6.10. The summed E-state index contributed by atoms with van der Waals surface area (Å²) in [4.78, 5) is 2.55. The minimum absolute atomic E-state index is 0.204. The van der Waals surface area contributed by atoms with Crippen LogP contribution in [0.3, 0.4) is 0 Å². The Hall–Kier alpha value is -0.340. The summed E-state index contributed by atoms with van der Waals surface area (Å²) in [7, 11) is 0. The molecule has 1 atom stereocenters. The molecular weight excluding hydrogens is 228 g/mol. The van der Waals surface area contributed by atoms with Gasteiger partial charge in [-0.1, -0.05) is 40.0 Å². The zero-order valence-corrected chi connectivity index (χ0v) is 12.0. The lowest BCUT2D eigenvalue weighted by molar-refractivity contribution is 0.0879. The third-order valence-corrected chi connectivity index (χ3v) is 5.34. The van der Waals surface area contributed by atoms with Crippen LogP contribution >= 0.6 is 11.3 Å². The molecule has 0 spiro atoms. The second-order valence-electron chi connectivity index (χ2n) is 6.29. The van der Waals surface area contributed by atoms with Crippen molar-refractivity contribution in [3.63, 3.8) is 0 Å². The van der Waals surface area contributed by atoms with Gasteiger partial charge in [0, 0.05) is 9.75 Å². The van der Waals surface area contributed by atoms with Gasteiger partial charge < -0.3 is 5.11 Å². The molecule has 0 amide bonds. The van der Waals surface area contributed by atoms with Gasteiger partial charge in [0.05, 0.1) is 6.10 Å². The number of thiophene rings is 1. The fourth-order valence-corrected chi connectivity index (χ4v) is 3.74. The summed E-state index contributed by atoms with van der Waals surface area (Å²) in [5.41, 5.74) is 0.204. The van der Waals surface area contributed by atoms with Gasteiger partial charge in [-0.2, -0.15) is 0 Å². The van der Waals surface area contributed by atoms with Crippen LogP contribution in [-0.2, 0) is 5.41 Å². The van der Waals surface area contributed by atoms with Crippen LogP contribution in [0.1, 0.15) is 68.7 Å². The molecule has 1 fully saturated rings. The number of aliphatic hydroxyl groups excluding tert-OH is 1. The fraction of sp³-hybridized carbons (Fsp3) is 0.733. The molecule has 1 aromatic heterocycles. The van der Waals surface area contributed by atoms with E-state index in [1.807, 2.05) is 0 Å². The van der Waals surface area contributed by atoms with Crippen LogP contribution in [0.4, 0.5) is 0 Å². The van der Waals surface area contributed by atoms with E-state index in [1.165, 1.54) is 41.9 Å². The first-order valence-electron chi connectivity index (χ1n) is 6.77. The zero-order chi connectivity index (χ0) is 12.5. The van der Waals surface area contributed by atoms with Crippen molar-refractivity contribution in [2.75, 3.05) is 0 Å². The van der Waals surface area contributed by atoms with Crippen LogP contribution in [0.15, 0.2) is 12.1 Å². The average Bonchev–Trinajstić information content (AvgIpc) is 2.78. The van der Waals surface area contributed by atoms with Crippen molar-refractivity contribution in [1.29, 1.82) is 0 Å². The smallest absolute Gasteiger partial charge is 0.0910 e. The average molecular weight is 252 g/mol. The Morgan fingerprint density at radius 1 is 1.18 bits per heavy atom. The topological polar surface area (TPSA) is 20.2 Å². The van der Waals surface area contributed by atoms with Crippen LogP contribution < -0.4 is 0 Å². The Balaban J connectivity index is 2.08. The van der Waals surface area contributed by atoms with E-state index in [0.717, 1.165) is 0 Å². The lowest BCUT2D eigenvalue weighted by atomic mass is 9.85. The largest absolute Gasteiger partial charge is 0.387 e. The van der Waals surface area contributed by atoms with Gasteiger partial charge in [-0.3, -0.25) is 0 Å². The van der Waals surface area contributed by atoms with Gasteiger partial charge in [-0.15, -0.1) is 11.3 Å². The highest BCUT2D eigenvalue weighted by Crippen LogP contribution is 2.39. The molecule has 0 aromatic carbocycles. The summed E-state index contributed by atoms with van der Waals surface area (Å²) in [5.74, 6) is 0.496. The van der Waals surface area contributed by atoms with E-state index in [-0.39, 0.29) is 11.5 Å². The van der Waals surface area contributed by atoms with Crippen molar-refractivity contribution < 1.29 is 5.11 Å². The zero-order valence-electron chi connectivity index (χ0n) is 11.2. The van der Waals surface area contributed by atoms with Crippen molar-refractivity contribution in [1.82, 2.24) is 0 Å². The molecule has 96 valence electrons. The second-order valence-corrected chi connectivity index (χ2v) is 7.41. The maximum atomic E-state index is 10.4. The molecule has 1 aromatic rings. The molecular formula is C15H24OS. The highest BCUT2D eigenvalue weighted by molar-refractivity contribution is 7.12. The van der Waals surface area contributed by atoms with Gasteiger partial charge in [0.1, 0.15) is 0 Å². The SMILES string of the molecule is CC(C)(C)c1ccc(C(O)C2CCCCC2)s1. The number of hydrogen-bond acceptors (Lipinski definition) is 2. The van der Waals surface area contributed by atoms with Crippen molar-refractivity contribution in [3.8, 4) is 0 Å². The van der Waals surface area contributed by atoms with Crippen LogP contribution in [0.2, 0.25) is 0 Å². The van der Waals surface area contributed by atoms with E-state index in [9.17, 15) is 5.11 Å². The molecule has 0 aliphatic heterocycles. The summed E-state index contributed by atoms with van der Waals surface area (Å²) in [5, 5.41) is 10.4. The summed E-state index contributed by atoms with van der Waals surface area (Å²) in [6, 6.07) is 4.32. The fourth-order valence-electron chi connectivity index (χ4n) is 2.60. The first-order chi connectivity index (χ1) is 7.98. The van der Waals surface area contributed by atoms with E-state index in [4.69, 9.17) is 0 Å². The number of aliphatic hydroxyl groups is 1. The molecule has 2 rings (SSSR count). The summed E-state index contributed by atoms with van der Waals surface area (Å²) < 4.78 is 0. The van der Waals surface area contributed by atoms with Gasteiger partial charge in [0.15, 0.2) is 0 Å². The van der Waals surface area contributed by atoms with E-state index in [0.29, 0.717) is 5.92 Å². The first kappa shape index (κ1) is 13.1. The molecule has 1 aliphatic rings. The Bertz CT molecular complexity index is 355. The predicted octanol–water partition coefficient (Wildman–Crippen LogP) is 4.66. The van der Waals surface area contributed by atoms with Crippen LogP contribution in [0.25, 0.3) is 0 Å². The minimum Gasteiger partial charge on any atom is -0.387 e. The Morgan fingerprint density at radius 3 is 2.35 bits per heavy atom. The number of hydrogen-bond donors (Lipinski definition) is 1. The van der Waals surface area contributed by atoms with Crippen molar-refractivity contribution in [3.05, 3.63) is 21.9 Å². The highest BCUT2D eigenvalue weighted by atomic mass is 32.1.